The van der Waals surface area contributed by atoms with Crippen molar-refractivity contribution in [3.63, 3.8) is 0 Å². The van der Waals surface area contributed by atoms with Crippen LogP contribution in [-0.4, -0.2) is 29.5 Å². The first-order valence-electron chi connectivity index (χ1n) is 9.03. The number of nitrogens with one attached hydrogen (secondary N) is 2. The topological polar surface area (TPSA) is 63.1 Å². The molecule has 2 aromatic carbocycles. The molecular formula is C22H22BrN3O2. The third-order valence-corrected chi connectivity index (χ3v) is 5.02. The Morgan fingerprint density at radius 1 is 0.893 bits per heavy atom. The van der Waals surface area contributed by atoms with E-state index in [2.05, 4.69) is 31.1 Å². The molecule has 0 radical (unpaired) electrons. The van der Waals surface area contributed by atoms with E-state index in [-0.39, 0.29) is 11.8 Å². The van der Waals surface area contributed by atoms with Gasteiger partial charge in [0.05, 0.1) is 5.56 Å². The summed E-state index contributed by atoms with van der Waals surface area (Å²) in [6, 6.07) is 18.9. The van der Waals surface area contributed by atoms with E-state index in [4.69, 9.17) is 0 Å². The van der Waals surface area contributed by atoms with Crippen molar-refractivity contribution in [3.8, 4) is 5.69 Å². The number of amides is 2. The third kappa shape index (κ3) is 4.51. The number of carbonyl (C=O) groups is 2. The fourth-order valence-corrected chi connectivity index (χ4v) is 3.38. The molecule has 0 saturated carbocycles. The van der Waals surface area contributed by atoms with Crippen molar-refractivity contribution in [3.05, 3.63) is 87.7 Å². The zero-order valence-electron chi connectivity index (χ0n) is 15.8. The highest BCUT2D eigenvalue weighted by atomic mass is 79.9. The van der Waals surface area contributed by atoms with Gasteiger partial charge in [-0.1, -0.05) is 34.1 Å². The lowest BCUT2D eigenvalue weighted by atomic mass is 10.2. The molecular weight excluding hydrogens is 418 g/mol. The van der Waals surface area contributed by atoms with E-state index in [9.17, 15) is 9.59 Å². The second-order valence-electron chi connectivity index (χ2n) is 6.47. The molecule has 2 amide bonds. The lowest BCUT2D eigenvalue weighted by Crippen LogP contribution is -2.34. The molecule has 3 rings (SSSR count). The Balaban J connectivity index is 1.60. The van der Waals surface area contributed by atoms with Gasteiger partial charge in [-0.15, -0.1) is 0 Å². The molecule has 0 aliphatic rings. The van der Waals surface area contributed by atoms with Crippen LogP contribution in [0.25, 0.3) is 5.69 Å². The lowest BCUT2D eigenvalue weighted by molar-refractivity contribution is 0.0927. The average Bonchev–Trinajstić information content (AvgIpc) is 3.00. The molecule has 0 saturated heterocycles. The van der Waals surface area contributed by atoms with Crippen LogP contribution in [0.2, 0.25) is 0 Å². The highest BCUT2D eigenvalue weighted by molar-refractivity contribution is 9.10. The van der Waals surface area contributed by atoms with Crippen molar-refractivity contribution in [2.75, 3.05) is 13.1 Å². The van der Waals surface area contributed by atoms with Gasteiger partial charge in [-0.25, -0.2) is 0 Å². The molecule has 144 valence electrons. The van der Waals surface area contributed by atoms with Crippen LogP contribution in [0, 0.1) is 13.8 Å². The summed E-state index contributed by atoms with van der Waals surface area (Å²) < 4.78 is 3.06. The van der Waals surface area contributed by atoms with Crippen LogP contribution in [-0.2, 0) is 0 Å². The molecule has 0 fully saturated rings. The molecule has 0 aliphatic heterocycles. The van der Waals surface area contributed by atoms with E-state index in [0.29, 0.717) is 24.2 Å². The van der Waals surface area contributed by atoms with E-state index >= 15 is 0 Å². The summed E-state index contributed by atoms with van der Waals surface area (Å²) in [4.78, 5) is 24.6. The van der Waals surface area contributed by atoms with Crippen LogP contribution < -0.4 is 10.6 Å². The maximum absolute atomic E-state index is 12.6. The largest absolute Gasteiger partial charge is 0.350 e. The van der Waals surface area contributed by atoms with Gasteiger partial charge in [0.15, 0.2) is 0 Å². The van der Waals surface area contributed by atoms with Crippen molar-refractivity contribution in [1.29, 1.82) is 0 Å². The fraction of sp³-hybridized carbons (Fsp3) is 0.182. The molecule has 6 heteroatoms. The van der Waals surface area contributed by atoms with Crippen LogP contribution in [0.1, 0.15) is 32.1 Å². The number of rotatable bonds is 6. The monoisotopic (exact) mass is 439 g/mol. The van der Waals surface area contributed by atoms with Gasteiger partial charge in [-0.3, -0.25) is 9.59 Å². The van der Waals surface area contributed by atoms with E-state index < -0.39 is 0 Å². The van der Waals surface area contributed by atoms with Gasteiger partial charge in [-0.05, 0) is 56.3 Å². The lowest BCUT2D eigenvalue weighted by Gasteiger charge is -2.10. The third-order valence-electron chi connectivity index (χ3n) is 4.49. The Bertz CT molecular complexity index is 979. The van der Waals surface area contributed by atoms with Gasteiger partial charge in [0.25, 0.3) is 11.8 Å². The standard InChI is InChI=1S/C22H22BrN3O2/c1-15-14-20(16(2)26(15)19-10-8-18(23)9-11-19)22(28)25-13-12-24-21(27)17-6-4-3-5-7-17/h3-11,14H,12-13H2,1-2H3,(H,24,27)(H,25,28). The Kier molecular flexibility index (Phi) is 6.31. The normalized spacial score (nSPS) is 10.5. The van der Waals surface area contributed by atoms with Gasteiger partial charge in [-0.2, -0.15) is 0 Å². The number of halogens is 1. The van der Waals surface area contributed by atoms with Crippen LogP contribution in [0.5, 0.6) is 0 Å². The van der Waals surface area contributed by atoms with Gasteiger partial charge < -0.3 is 15.2 Å². The van der Waals surface area contributed by atoms with Gasteiger partial charge >= 0.3 is 0 Å². The number of hydrogen-bond acceptors (Lipinski definition) is 2. The summed E-state index contributed by atoms with van der Waals surface area (Å²) in [5.41, 5.74) is 4.11. The molecule has 1 heterocycles. The molecule has 0 aliphatic carbocycles. The van der Waals surface area contributed by atoms with Gasteiger partial charge in [0, 0.05) is 40.2 Å². The second kappa shape index (κ2) is 8.89. The predicted octanol–water partition coefficient (Wildman–Crippen LogP) is 4.02. The highest BCUT2D eigenvalue weighted by Crippen LogP contribution is 2.22. The predicted molar refractivity (Wildman–Crippen MR) is 114 cm³/mol. The number of aromatic nitrogens is 1. The van der Waals surface area contributed by atoms with Crippen molar-refractivity contribution in [2.45, 2.75) is 13.8 Å². The van der Waals surface area contributed by atoms with Crippen molar-refractivity contribution < 1.29 is 9.59 Å². The van der Waals surface area contributed by atoms with Crippen molar-refractivity contribution >= 4 is 27.7 Å². The van der Waals surface area contributed by atoms with Gasteiger partial charge in [0.1, 0.15) is 0 Å². The Morgan fingerprint density at radius 3 is 2.14 bits per heavy atom. The maximum Gasteiger partial charge on any atom is 0.253 e. The summed E-state index contributed by atoms with van der Waals surface area (Å²) in [6.07, 6.45) is 0. The SMILES string of the molecule is Cc1cc(C(=O)NCCNC(=O)c2ccccc2)c(C)n1-c1ccc(Br)cc1. The zero-order chi connectivity index (χ0) is 20.1. The number of nitrogens with zero attached hydrogens (tertiary/aromatic N) is 1. The smallest absolute Gasteiger partial charge is 0.253 e. The average molecular weight is 440 g/mol. The second-order valence-corrected chi connectivity index (χ2v) is 7.39. The Labute approximate surface area is 172 Å². The molecule has 3 aromatic rings. The van der Waals surface area contributed by atoms with Crippen LogP contribution in [0.4, 0.5) is 0 Å². The fourth-order valence-electron chi connectivity index (χ4n) is 3.12. The maximum atomic E-state index is 12.6. The summed E-state index contributed by atoms with van der Waals surface area (Å²) in [6.45, 7) is 4.64. The summed E-state index contributed by atoms with van der Waals surface area (Å²) in [7, 11) is 0. The molecule has 0 atom stereocenters. The molecule has 5 nitrogen and oxygen atoms in total. The zero-order valence-corrected chi connectivity index (χ0v) is 17.4. The summed E-state index contributed by atoms with van der Waals surface area (Å²) >= 11 is 3.44. The molecule has 0 bridgehead atoms. The minimum Gasteiger partial charge on any atom is -0.350 e. The Morgan fingerprint density at radius 2 is 1.50 bits per heavy atom. The summed E-state index contributed by atoms with van der Waals surface area (Å²) in [5.74, 6) is -0.298. The first-order chi connectivity index (χ1) is 13.5. The van der Waals surface area contributed by atoms with E-state index in [1.807, 2.05) is 62.4 Å². The van der Waals surface area contributed by atoms with Crippen molar-refractivity contribution in [1.82, 2.24) is 15.2 Å². The molecule has 28 heavy (non-hydrogen) atoms. The molecule has 2 N–H and O–H groups in total. The number of hydrogen-bond donors (Lipinski definition) is 2. The Hall–Kier alpha value is -2.86. The summed E-state index contributed by atoms with van der Waals surface area (Å²) in [5, 5.41) is 5.68. The highest BCUT2D eigenvalue weighted by Gasteiger charge is 2.16. The number of aryl methyl sites for hydroxylation is 1. The van der Waals surface area contributed by atoms with Crippen molar-refractivity contribution in [2.24, 2.45) is 0 Å². The molecule has 0 spiro atoms. The van der Waals surface area contributed by atoms with E-state index in [1.165, 1.54) is 0 Å². The van der Waals surface area contributed by atoms with Crippen LogP contribution in [0.3, 0.4) is 0 Å². The first-order valence-corrected chi connectivity index (χ1v) is 9.83. The molecule has 1 aromatic heterocycles. The van der Waals surface area contributed by atoms with Gasteiger partial charge in [0.2, 0.25) is 0 Å². The molecule has 0 unspecified atom stereocenters. The number of benzene rings is 2. The van der Waals surface area contributed by atoms with Crippen LogP contribution >= 0.6 is 15.9 Å². The minimum absolute atomic E-state index is 0.148. The number of carbonyl (C=O) groups excluding carboxylic acids is 2. The quantitative estimate of drug-likeness (QED) is 0.569. The van der Waals surface area contributed by atoms with E-state index in [0.717, 1.165) is 21.5 Å². The minimum atomic E-state index is -0.150. The van der Waals surface area contributed by atoms with Crippen LogP contribution in [0.15, 0.2) is 65.1 Å². The first kappa shape index (κ1) is 19.9. The van der Waals surface area contributed by atoms with E-state index in [1.54, 1.807) is 12.1 Å².